The van der Waals surface area contributed by atoms with Crippen LogP contribution in [0.1, 0.15) is 25.6 Å². The van der Waals surface area contributed by atoms with Gasteiger partial charge in [-0.2, -0.15) is 0 Å². The predicted molar refractivity (Wildman–Crippen MR) is 58.5 cm³/mol. The van der Waals surface area contributed by atoms with E-state index in [1.54, 1.807) is 35.7 Å². The second kappa shape index (κ2) is 6.58. The molecule has 1 heterocycles. The largest absolute Gasteiger partial charge is 1.00 e. The summed E-state index contributed by atoms with van der Waals surface area (Å²) in [5, 5.41) is 12.3. The number of rotatable bonds is 3. The number of hydrogen-bond acceptors (Lipinski definition) is 4. The van der Waals surface area contributed by atoms with Crippen LogP contribution in [0.2, 0.25) is 0 Å². The molecule has 0 amide bonds. The minimum absolute atomic E-state index is 0. The van der Waals surface area contributed by atoms with Crippen molar-refractivity contribution in [3.05, 3.63) is 57.8 Å². The van der Waals surface area contributed by atoms with Gasteiger partial charge >= 0.3 is 51.4 Å². The summed E-state index contributed by atoms with van der Waals surface area (Å²) in [7, 11) is 0. The molecule has 80 valence electrons. The van der Waals surface area contributed by atoms with Crippen LogP contribution in [-0.4, -0.2) is 11.8 Å². The maximum atomic E-state index is 11.9. The average molecular weight is 270 g/mol. The van der Waals surface area contributed by atoms with E-state index < -0.39 is 5.97 Å². The van der Waals surface area contributed by atoms with Gasteiger partial charge in [0.1, 0.15) is 0 Å². The Hall–Kier alpha value is -0.304. The topological polar surface area (TPSA) is 57.2 Å². The van der Waals surface area contributed by atoms with Crippen LogP contribution in [0.3, 0.4) is 0 Å². The van der Waals surface area contributed by atoms with Crippen LogP contribution >= 0.6 is 11.3 Å². The number of carbonyl (C=O) groups is 2. The minimum atomic E-state index is -1.31. The molecule has 0 aliphatic heterocycles. The van der Waals surface area contributed by atoms with Crippen molar-refractivity contribution in [2.45, 2.75) is 0 Å². The van der Waals surface area contributed by atoms with Crippen LogP contribution in [0.4, 0.5) is 0 Å². The molecule has 3 nitrogen and oxygen atoms in total. The number of carbonyl (C=O) groups excluding carboxylic acids is 2. The Morgan fingerprint density at radius 1 is 1.06 bits per heavy atom. The molecule has 1 aromatic carbocycles. The van der Waals surface area contributed by atoms with E-state index >= 15 is 0 Å². The fourth-order valence-corrected chi connectivity index (χ4v) is 2.12. The number of carboxylic acids is 1. The normalized spacial score (nSPS) is 9.41. The van der Waals surface area contributed by atoms with E-state index in [-0.39, 0.29) is 67.6 Å². The number of hydrogen-bond donors (Lipinski definition) is 0. The van der Waals surface area contributed by atoms with Crippen LogP contribution in [0.5, 0.6) is 0 Å². The molecule has 0 saturated heterocycles. The van der Waals surface area contributed by atoms with Crippen molar-refractivity contribution in [2.24, 2.45) is 0 Å². The molecule has 2 aromatic rings. The van der Waals surface area contributed by atoms with Gasteiger partial charge in [-0.25, -0.2) is 0 Å². The monoisotopic (exact) mass is 270 g/mol. The van der Waals surface area contributed by atoms with Gasteiger partial charge in [0.05, 0.1) is 10.8 Å². The molecule has 0 N–H and O–H groups in total. The van der Waals surface area contributed by atoms with E-state index in [2.05, 4.69) is 0 Å². The van der Waals surface area contributed by atoms with E-state index in [0.717, 1.165) is 11.3 Å². The van der Waals surface area contributed by atoms with Gasteiger partial charge in [-0.1, -0.05) is 30.3 Å². The number of benzene rings is 1. The van der Waals surface area contributed by atoms with Crippen molar-refractivity contribution in [2.75, 3.05) is 0 Å². The van der Waals surface area contributed by atoms with Crippen molar-refractivity contribution in [3.8, 4) is 0 Å². The number of thiophene rings is 1. The first-order valence-corrected chi connectivity index (χ1v) is 5.46. The Balaban J connectivity index is 0.00000144. The molecule has 0 radical (unpaired) electrons. The third-order valence-electron chi connectivity index (χ3n) is 2.13. The molecular formula is C12H7KO3S. The molecule has 0 aliphatic carbocycles. The Morgan fingerprint density at radius 2 is 1.71 bits per heavy atom. The molecule has 1 aromatic heterocycles. The van der Waals surface area contributed by atoms with Gasteiger partial charge in [0.25, 0.3) is 0 Å². The smallest absolute Gasteiger partial charge is 0.544 e. The molecule has 17 heavy (non-hydrogen) atoms. The van der Waals surface area contributed by atoms with Gasteiger partial charge in [0.2, 0.25) is 0 Å². The zero-order valence-electron chi connectivity index (χ0n) is 9.17. The molecule has 0 saturated carbocycles. The van der Waals surface area contributed by atoms with E-state index in [1.807, 2.05) is 0 Å². The van der Waals surface area contributed by atoms with Crippen molar-refractivity contribution < 1.29 is 66.1 Å². The third-order valence-corrected chi connectivity index (χ3v) is 3.03. The third kappa shape index (κ3) is 3.34. The fourth-order valence-electron chi connectivity index (χ4n) is 1.39. The number of aromatic carboxylic acids is 1. The van der Waals surface area contributed by atoms with Crippen LogP contribution in [-0.2, 0) is 0 Å². The van der Waals surface area contributed by atoms with Crippen LogP contribution < -0.4 is 56.5 Å². The van der Waals surface area contributed by atoms with E-state index in [9.17, 15) is 14.7 Å². The molecule has 5 heteroatoms. The van der Waals surface area contributed by atoms with Gasteiger partial charge in [-0.15, -0.1) is 11.3 Å². The van der Waals surface area contributed by atoms with Gasteiger partial charge < -0.3 is 9.90 Å². The zero-order valence-corrected chi connectivity index (χ0v) is 13.1. The van der Waals surface area contributed by atoms with Crippen LogP contribution in [0.25, 0.3) is 0 Å². The summed E-state index contributed by atoms with van der Waals surface area (Å²) in [6.45, 7) is 0. The minimum Gasteiger partial charge on any atom is -0.544 e. The van der Waals surface area contributed by atoms with E-state index in [4.69, 9.17) is 0 Å². The quantitative estimate of drug-likeness (QED) is 0.496. The Morgan fingerprint density at radius 3 is 2.29 bits per heavy atom. The molecule has 0 unspecified atom stereocenters. The van der Waals surface area contributed by atoms with Gasteiger partial charge in [0.15, 0.2) is 5.78 Å². The SMILES string of the molecule is O=C(c1ccccc1)c1ccsc1C(=O)[O-].[K+]. The van der Waals surface area contributed by atoms with Crippen molar-refractivity contribution >= 4 is 23.1 Å². The van der Waals surface area contributed by atoms with Gasteiger partial charge in [0, 0.05) is 11.1 Å². The molecule has 0 aliphatic rings. The molecular weight excluding hydrogens is 263 g/mol. The average Bonchev–Trinajstić information content (AvgIpc) is 2.78. The first-order chi connectivity index (χ1) is 7.70. The van der Waals surface area contributed by atoms with Crippen molar-refractivity contribution in [3.63, 3.8) is 0 Å². The molecule has 2 rings (SSSR count). The summed E-state index contributed by atoms with van der Waals surface area (Å²) < 4.78 is 0. The summed E-state index contributed by atoms with van der Waals surface area (Å²) in [5.41, 5.74) is 0.666. The Labute approximate surface area is 145 Å². The van der Waals surface area contributed by atoms with E-state index in [1.165, 1.54) is 6.07 Å². The van der Waals surface area contributed by atoms with Gasteiger partial charge in [-0.3, -0.25) is 4.79 Å². The van der Waals surface area contributed by atoms with Gasteiger partial charge in [-0.05, 0) is 11.4 Å². The standard InChI is InChI=1S/C12H8O3S.K/c13-10(8-4-2-1-3-5-8)9-6-7-16-11(9)12(14)15;/h1-7H,(H,14,15);/q;+1/p-1. The molecule has 0 spiro atoms. The summed E-state index contributed by atoms with van der Waals surface area (Å²) in [6.07, 6.45) is 0. The van der Waals surface area contributed by atoms with Crippen molar-refractivity contribution in [1.82, 2.24) is 0 Å². The summed E-state index contributed by atoms with van der Waals surface area (Å²) in [5.74, 6) is -1.60. The zero-order chi connectivity index (χ0) is 11.5. The Kier molecular flexibility index (Phi) is 5.71. The predicted octanol–water partition coefficient (Wildman–Crippen LogP) is -1.65. The second-order valence-corrected chi connectivity index (χ2v) is 4.06. The molecule has 0 fully saturated rings. The maximum absolute atomic E-state index is 11.9. The summed E-state index contributed by atoms with van der Waals surface area (Å²) in [4.78, 5) is 22.7. The first-order valence-electron chi connectivity index (χ1n) is 4.58. The fraction of sp³-hybridized carbons (Fsp3) is 0. The maximum Gasteiger partial charge on any atom is 1.00 e. The van der Waals surface area contributed by atoms with Crippen molar-refractivity contribution in [1.29, 1.82) is 0 Å². The molecule has 0 bridgehead atoms. The van der Waals surface area contributed by atoms with Crippen LogP contribution in [0, 0.1) is 0 Å². The van der Waals surface area contributed by atoms with Crippen LogP contribution in [0.15, 0.2) is 41.8 Å². The second-order valence-electron chi connectivity index (χ2n) is 3.15. The first kappa shape index (κ1) is 14.8. The Bertz CT molecular complexity index is 534. The summed E-state index contributed by atoms with van der Waals surface area (Å²) >= 11 is 0.998. The number of carboxylic acid groups (broad SMARTS) is 1. The molecule has 0 atom stereocenters. The van der Waals surface area contributed by atoms with E-state index in [0.29, 0.717) is 5.56 Å². The summed E-state index contributed by atoms with van der Waals surface area (Å²) in [6, 6.07) is 10.1. The number of ketones is 1.